The Morgan fingerprint density at radius 2 is 1.86 bits per heavy atom. The maximum absolute atomic E-state index is 4.74. The van der Waals surface area contributed by atoms with Crippen molar-refractivity contribution in [2.45, 2.75) is 19.4 Å². The van der Waals surface area contributed by atoms with E-state index in [1.165, 1.54) is 26.1 Å². The van der Waals surface area contributed by atoms with E-state index in [1.54, 1.807) is 0 Å². The Morgan fingerprint density at radius 1 is 1.09 bits per heavy atom. The molecule has 0 bridgehead atoms. The molecule has 0 radical (unpaired) electrons. The number of thiophene rings is 1. The highest BCUT2D eigenvalue weighted by molar-refractivity contribution is 7.19. The Balaban J connectivity index is 0.00000144. The minimum Gasteiger partial charge on any atom is -0.346 e. The fraction of sp³-hybridized carbons (Fsp3) is 0.167. The predicted molar refractivity (Wildman–Crippen MR) is 98.9 cm³/mol. The summed E-state index contributed by atoms with van der Waals surface area (Å²) in [7, 11) is 0. The van der Waals surface area contributed by atoms with E-state index in [4.69, 9.17) is 4.99 Å². The van der Waals surface area contributed by atoms with Crippen molar-refractivity contribution in [2.75, 3.05) is 5.32 Å². The molecule has 2 heterocycles. The molecule has 0 amide bonds. The number of hydrogen-bond donors (Lipinski definition) is 1. The topological polar surface area (TPSA) is 24.4 Å². The first kappa shape index (κ1) is 15.1. The number of aryl methyl sites for hydroxylation is 1. The number of benzene rings is 2. The number of nitrogens with zero attached hydrogens (tertiary/aromatic N) is 1. The second kappa shape index (κ2) is 6.11. The maximum Gasteiger partial charge on any atom is 0.105 e. The molecule has 0 saturated carbocycles. The van der Waals surface area contributed by atoms with Crippen molar-refractivity contribution in [3.63, 3.8) is 0 Å². The van der Waals surface area contributed by atoms with Crippen LogP contribution in [0, 0.1) is 0 Å². The molecule has 0 fully saturated rings. The molecule has 1 aliphatic heterocycles. The van der Waals surface area contributed by atoms with Crippen molar-refractivity contribution in [3.05, 3.63) is 64.5 Å². The molecule has 112 valence electrons. The Morgan fingerprint density at radius 3 is 2.73 bits per heavy atom. The van der Waals surface area contributed by atoms with Crippen LogP contribution in [0.1, 0.15) is 29.0 Å². The molecule has 4 heteroatoms. The number of rotatable bonds is 2. The van der Waals surface area contributed by atoms with Gasteiger partial charge in [-0.2, -0.15) is 0 Å². The van der Waals surface area contributed by atoms with E-state index < -0.39 is 0 Å². The van der Waals surface area contributed by atoms with Crippen LogP contribution in [-0.4, -0.2) is 6.34 Å². The first-order chi connectivity index (χ1) is 10.4. The molecule has 1 atom stereocenters. The van der Waals surface area contributed by atoms with E-state index in [-0.39, 0.29) is 18.4 Å². The van der Waals surface area contributed by atoms with E-state index >= 15 is 0 Å². The SMILES string of the molecule is CCc1sc2ccccc2c1C1N=CNc2ccccc21.Cl. The van der Waals surface area contributed by atoms with Crippen LogP contribution in [0.2, 0.25) is 0 Å². The van der Waals surface area contributed by atoms with Gasteiger partial charge in [0.1, 0.15) is 6.04 Å². The van der Waals surface area contributed by atoms with E-state index in [0.29, 0.717) is 0 Å². The zero-order valence-corrected chi connectivity index (χ0v) is 13.9. The number of para-hydroxylation sites is 1. The molecule has 4 rings (SSSR count). The van der Waals surface area contributed by atoms with Gasteiger partial charge in [-0.15, -0.1) is 23.7 Å². The Hall–Kier alpha value is -1.84. The zero-order chi connectivity index (χ0) is 14.2. The average Bonchev–Trinajstić information content (AvgIpc) is 2.92. The summed E-state index contributed by atoms with van der Waals surface area (Å²) in [5, 5.41) is 4.60. The van der Waals surface area contributed by atoms with Gasteiger partial charge in [-0.25, -0.2) is 0 Å². The second-order valence-corrected chi connectivity index (χ2v) is 6.34. The second-order valence-electron chi connectivity index (χ2n) is 5.20. The first-order valence-electron chi connectivity index (χ1n) is 7.26. The Labute approximate surface area is 140 Å². The third-order valence-electron chi connectivity index (χ3n) is 4.00. The van der Waals surface area contributed by atoms with Crippen LogP contribution >= 0.6 is 23.7 Å². The van der Waals surface area contributed by atoms with Crippen LogP contribution in [0.5, 0.6) is 0 Å². The lowest BCUT2D eigenvalue weighted by molar-refractivity contribution is 0.867. The van der Waals surface area contributed by atoms with Crippen LogP contribution in [0.15, 0.2) is 53.5 Å². The molecule has 2 aromatic carbocycles. The fourth-order valence-corrected chi connectivity index (χ4v) is 4.21. The Kier molecular flexibility index (Phi) is 4.19. The maximum atomic E-state index is 4.74. The molecular formula is C18H17ClN2S. The standard InChI is InChI=1S/C18H16N2S.ClH/c1-2-15-17(13-8-4-6-10-16(13)21-15)18-12-7-3-5-9-14(12)19-11-20-18;/h3-11,18H,2H2,1H3,(H,19,20);1H. The fourth-order valence-electron chi connectivity index (χ4n) is 3.04. The monoisotopic (exact) mass is 328 g/mol. The van der Waals surface area contributed by atoms with Crippen LogP contribution < -0.4 is 5.32 Å². The van der Waals surface area contributed by atoms with Crippen molar-refractivity contribution in [1.82, 2.24) is 0 Å². The van der Waals surface area contributed by atoms with Crippen LogP contribution in [0.3, 0.4) is 0 Å². The van der Waals surface area contributed by atoms with Crippen LogP contribution in [-0.2, 0) is 6.42 Å². The lowest BCUT2D eigenvalue weighted by atomic mass is 9.94. The lowest BCUT2D eigenvalue weighted by Gasteiger charge is -2.22. The lowest BCUT2D eigenvalue weighted by Crippen LogP contribution is -2.11. The van der Waals surface area contributed by atoms with Gasteiger partial charge in [0, 0.05) is 26.4 Å². The van der Waals surface area contributed by atoms with E-state index in [0.717, 1.165) is 12.1 Å². The average molecular weight is 329 g/mol. The molecule has 1 aromatic heterocycles. The van der Waals surface area contributed by atoms with E-state index in [9.17, 15) is 0 Å². The van der Waals surface area contributed by atoms with Crippen LogP contribution in [0.25, 0.3) is 10.1 Å². The predicted octanol–water partition coefficient (Wildman–Crippen LogP) is 5.43. The molecule has 1 N–H and O–H groups in total. The zero-order valence-electron chi connectivity index (χ0n) is 12.2. The number of hydrogen-bond acceptors (Lipinski definition) is 3. The Bertz CT molecular complexity index is 838. The molecule has 22 heavy (non-hydrogen) atoms. The van der Waals surface area contributed by atoms with Gasteiger partial charge < -0.3 is 5.32 Å². The molecule has 1 unspecified atom stereocenters. The number of aliphatic imine (C=N–C) groups is 1. The van der Waals surface area contributed by atoms with Crippen molar-refractivity contribution in [3.8, 4) is 0 Å². The highest BCUT2D eigenvalue weighted by atomic mass is 35.5. The number of fused-ring (bicyclic) bond motifs is 2. The van der Waals surface area contributed by atoms with Crippen molar-refractivity contribution < 1.29 is 0 Å². The van der Waals surface area contributed by atoms with Gasteiger partial charge >= 0.3 is 0 Å². The molecule has 1 aliphatic rings. The van der Waals surface area contributed by atoms with Gasteiger partial charge in [-0.3, -0.25) is 4.99 Å². The summed E-state index contributed by atoms with van der Waals surface area (Å²) in [5.74, 6) is 0. The summed E-state index contributed by atoms with van der Waals surface area (Å²) in [6, 6.07) is 17.2. The normalized spacial score (nSPS) is 16.0. The summed E-state index contributed by atoms with van der Waals surface area (Å²) < 4.78 is 1.36. The summed E-state index contributed by atoms with van der Waals surface area (Å²) in [5.41, 5.74) is 3.80. The van der Waals surface area contributed by atoms with Gasteiger partial charge in [-0.1, -0.05) is 43.3 Å². The van der Waals surface area contributed by atoms with Gasteiger partial charge in [-0.05, 0) is 23.9 Å². The highest BCUT2D eigenvalue weighted by Crippen LogP contribution is 2.42. The summed E-state index contributed by atoms with van der Waals surface area (Å²) in [6.45, 7) is 2.23. The van der Waals surface area contributed by atoms with E-state index in [1.807, 2.05) is 17.7 Å². The molecule has 2 nitrogen and oxygen atoms in total. The summed E-state index contributed by atoms with van der Waals surface area (Å²) in [4.78, 5) is 6.18. The third kappa shape index (κ3) is 2.31. The molecule has 3 aromatic rings. The minimum atomic E-state index is 0. The highest BCUT2D eigenvalue weighted by Gasteiger charge is 2.24. The van der Waals surface area contributed by atoms with E-state index in [2.05, 4.69) is 60.8 Å². The first-order valence-corrected chi connectivity index (χ1v) is 8.07. The van der Waals surface area contributed by atoms with Gasteiger partial charge in [0.05, 0.1) is 6.34 Å². The molecule has 0 saturated heterocycles. The third-order valence-corrected chi connectivity index (χ3v) is 5.34. The largest absolute Gasteiger partial charge is 0.346 e. The number of halogens is 1. The van der Waals surface area contributed by atoms with Gasteiger partial charge in [0.15, 0.2) is 0 Å². The molecular weight excluding hydrogens is 312 g/mol. The van der Waals surface area contributed by atoms with Crippen molar-refractivity contribution >= 4 is 45.9 Å². The van der Waals surface area contributed by atoms with Crippen molar-refractivity contribution in [2.24, 2.45) is 4.99 Å². The number of nitrogens with one attached hydrogen (secondary N) is 1. The smallest absolute Gasteiger partial charge is 0.105 e. The van der Waals surface area contributed by atoms with Crippen LogP contribution in [0.4, 0.5) is 5.69 Å². The molecule has 0 spiro atoms. The quantitative estimate of drug-likeness (QED) is 0.666. The van der Waals surface area contributed by atoms with Gasteiger partial charge in [0.25, 0.3) is 0 Å². The minimum absolute atomic E-state index is 0. The summed E-state index contributed by atoms with van der Waals surface area (Å²) in [6.07, 6.45) is 2.88. The number of anilines is 1. The molecule has 0 aliphatic carbocycles. The van der Waals surface area contributed by atoms with Gasteiger partial charge in [0.2, 0.25) is 0 Å². The summed E-state index contributed by atoms with van der Waals surface area (Å²) >= 11 is 1.90. The van der Waals surface area contributed by atoms with Crippen molar-refractivity contribution in [1.29, 1.82) is 0 Å².